The van der Waals surface area contributed by atoms with Crippen molar-refractivity contribution in [2.75, 3.05) is 46.9 Å². The Morgan fingerprint density at radius 2 is 2.08 bits per heavy atom. The van der Waals surface area contributed by atoms with E-state index >= 15 is 0 Å². The monoisotopic (exact) mass is 497 g/mol. The first-order valence-corrected chi connectivity index (χ1v) is 10.1. The maximum atomic E-state index is 5.34. The molecule has 0 spiro atoms. The van der Waals surface area contributed by atoms with Crippen LogP contribution in [0, 0.1) is 0 Å². The molecule has 26 heavy (non-hydrogen) atoms. The number of thiazole rings is 1. The van der Waals surface area contributed by atoms with Crippen molar-refractivity contribution in [3.63, 3.8) is 0 Å². The van der Waals surface area contributed by atoms with E-state index in [-0.39, 0.29) is 30.1 Å². The summed E-state index contributed by atoms with van der Waals surface area (Å²) in [5, 5.41) is 6.50. The summed E-state index contributed by atoms with van der Waals surface area (Å²) in [6.07, 6.45) is 1.23. The third kappa shape index (κ3) is 8.96. The van der Waals surface area contributed by atoms with Gasteiger partial charge in [-0.2, -0.15) is 0 Å². The first-order chi connectivity index (χ1) is 12.0. The number of ether oxygens (including phenoxy) is 1. The molecule has 0 aliphatic rings. The second-order valence-corrected chi connectivity index (χ2v) is 6.97. The van der Waals surface area contributed by atoms with Crippen molar-refractivity contribution in [1.29, 1.82) is 0 Å². The highest BCUT2D eigenvalue weighted by molar-refractivity contribution is 14.0. The molecule has 0 saturated carbocycles. The Kier molecular flexibility index (Phi) is 14.3. The lowest BCUT2D eigenvalue weighted by Gasteiger charge is -2.22. The number of methoxy groups -OCH3 is 1. The fourth-order valence-corrected chi connectivity index (χ4v) is 3.35. The minimum Gasteiger partial charge on any atom is -0.375 e. The Hall–Kier alpha value is -0.450. The highest BCUT2D eigenvalue weighted by Gasteiger charge is 2.12. The minimum atomic E-state index is 0. The summed E-state index contributed by atoms with van der Waals surface area (Å²) in [5.41, 5.74) is 1.05. The molecule has 1 unspecified atom stereocenters. The highest BCUT2D eigenvalue weighted by atomic mass is 127. The van der Waals surface area contributed by atoms with Gasteiger partial charge >= 0.3 is 0 Å². The number of aliphatic imine (C=N–C) groups is 1. The Morgan fingerprint density at radius 3 is 2.65 bits per heavy atom. The van der Waals surface area contributed by atoms with Crippen molar-refractivity contribution in [3.05, 3.63) is 16.1 Å². The average molecular weight is 497 g/mol. The molecule has 1 atom stereocenters. The minimum absolute atomic E-state index is 0. The predicted octanol–water partition coefficient (Wildman–Crippen LogP) is 3.60. The summed E-state index contributed by atoms with van der Waals surface area (Å²) in [6.45, 7) is 14.2. The van der Waals surface area contributed by atoms with Crippen LogP contribution >= 0.6 is 35.3 Å². The maximum Gasteiger partial charge on any atom is 0.194 e. The number of hydrogen-bond acceptors (Lipinski definition) is 5. The van der Waals surface area contributed by atoms with E-state index in [4.69, 9.17) is 9.73 Å². The highest BCUT2D eigenvalue weighted by Crippen LogP contribution is 2.20. The van der Waals surface area contributed by atoms with Gasteiger partial charge in [-0.15, -0.1) is 35.3 Å². The third-order valence-corrected chi connectivity index (χ3v) is 5.09. The van der Waals surface area contributed by atoms with Gasteiger partial charge in [0.15, 0.2) is 5.96 Å². The van der Waals surface area contributed by atoms with Gasteiger partial charge in [0.25, 0.3) is 0 Å². The summed E-state index contributed by atoms with van der Waals surface area (Å²) in [6, 6.07) is 0. The molecule has 0 aliphatic heterocycles. The molecule has 1 aromatic heterocycles. The van der Waals surface area contributed by atoms with Gasteiger partial charge in [0.1, 0.15) is 11.1 Å². The van der Waals surface area contributed by atoms with Crippen LogP contribution in [0.2, 0.25) is 0 Å². The van der Waals surface area contributed by atoms with Crippen LogP contribution in [-0.4, -0.2) is 67.6 Å². The molecular weight excluding hydrogens is 461 g/mol. The SMILES string of the molecule is CCCN(CC)CCN=C(NCC)N(C)Cc1csc(C(C)OC)n1.I. The number of hydrogen-bond donors (Lipinski definition) is 1. The molecule has 8 heteroatoms. The zero-order valence-electron chi connectivity index (χ0n) is 17.1. The van der Waals surface area contributed by atoms with Crippen LogP contribution in [0.25, 0.3) is 0 Å². The fourth-order valence-electron chi connectivity index (χ4n) is 2.51. The van der Waals surface area contributed by atoms with Gasteiger partial charge in [-0.1, -0.05) is 13.8 Å². The molecular formula is C18H36IN5OS. The normalized spacial score (nSPS) is 12.8. The zero-order chi connectivity index (χ0) is 18.7. The van der Waals surface area contributed by atoms with Crippen LogP contribution in [0.1, 0.15) is 50.9 Å². The molecule has 1 rings (SSSR count). The molecule has 0 aliphatic carbocycles. The Morgan fingerprint density at radius 1 is 1.35 bits per heavy atom. The van der Waals surface area contributed by atoms with Gasteiger partial charge in [-0.3, -0.25) is 4.99 Å². The number of aromatic nitrogens is 1. The van der Waals surface area contributed by atoms with Crippen molar-refractivity contribution in [2.45, 2.75) is 46.8 Å². The van der Waals surface area contributed by atoms with Crippen molar-refractivity contribution >= 4 is 41.3 Å². The lowest BCUT2D eigenvalue weighted by molar-refractivity contribution is 0.119. The Bertz CT molecular complexity index is 512. The van der Waals surface area contributed by atoms with E-state index in [0.29, 0.717) is 0 Å². The Balaban J connectivity index is 0.00000625. The van der Waals surface area contributed by atoms with E-state index < -0.39 is 0 Å². The maximum absolute atomic E-state index is 5.34. The zero-order valence-corrected chi connectivity index (χ0v) is 20.3. The fraction of sp³-hybridized carbons (Fsp3) is 0.778. The molecule has 0 fully saturated rings. The summed E-state index contributed by atoms with van der Waals surface area (Å²) in [4.78, 5) is 14.0. The molecule has 6 nitrogen and oxygen atoms in total. The van der Waals surface area contributed by atoms with Gasteiger partial charge in [0, 0.05) is 32.6 Å². The van der Waals surface area contributed by atoms with E-state index in [1.807, 2.05) is 6.92 Å². The number of nitrogens with zero attached hydrogens (tertiary/aromatic N) is 4. The van der Waals surface area contributed by atoms with Crippen molar-refractivity contribution < 1.29 is 4.74 Å². The molecule has 152 valence electrons. The topological polar surface area (TPSA) is 53.0 Å². The first kappa shape index (κ1) is 25.6. The predicted molar refractivity (Wildman–Crippen MR) is 123 cm³/mol. The number of likely N-dealkylation sites (N-methyl/N-ethyl adjacent to an activating group) is 1. The smallest absolute Gasteiger partial charge is 0.194 e. The molecule has 0 bridgehead atoms. The van der Waals surface area contributed by atoms with Gasteiger partial charge in [-0.25, -0.2) is 4.98 Å². The Labute approximate surface area is 180 Å². The van der Waals surface area contributed by atoms with E-state index in [0.717, 1.165) is 55.9 Å². The molecule has 0 aromatic carbocycles. The standard InChI is InChI=1S/C18H35N5OS.HI/c1-7-11-23(9-3)12-10-20-18(19-8-2)22(5)13-16-14-25-17(21-16)15(4)24-6;/h14-15H,7-13H2,1-6H3,(H,19,20);1H. The van der Waals surface area contributed by atoms with Gasteiger partial charge in [0.2, 0.25) is 0 Å². The number of halogens is 1. The molecule has 0 saturated heterocycles. The van der Waals surface area contributed by atoms with Crippen LogP contribution in [0.4, 0.5) is 0 Å². The molecule has 0 amide bonds. The summed E-state index contributed by atoms with van der Waals surface area (Å²) >= 11 is 1.65. The second-order valence-electron chi connectivity index (χ2n) is 6.08. The number of nitrogens with one attached hydrogen (secondary N) is 1. The van der Waals surface area contributed by atoms with E-state index in [1.165, 1.54) is 6.42 Å². The number of guanidine groups is 1. The average Bonchev–Trinajstić information content (AvgIpc) is 3.07. The second kappa shape index (κ2) is 14.6. The lowest BCUT2D eigenvalue weighted by Crippen LogP contribution is -2.39. The van der Waals surface area contributed by atoms with Crippen LogP contribution < -0.4 is 5.32 Å². The lowest BCUT2D eigenvalue weighted by atomic mass is 10.4. The largest absolute Gasteiger partial charge is 0.375 e. The van der Waals surface area contributed by atoms with Gasteiger partial charge in [-0.05, 0) is 33.4 Å². The van der Waals surface area contributed by atoms with Gasteiger partial charge in [0.05, 0.1) is 18.8 Å². The number of rotatable bonds is 11. The van der Waals surface area contributed by atoms with Crippen molar-refractivity contribution in [2.24, 2.45) is 4.99 Å². The van der Waals surface area contributed by atoms with E-state index in [2.05, 4.69) is 53.3 Å². The van der Waals surface area contributed by atoms with Crippen LogP contribution in [0.3, 0.4) is 0 Å². The van der Waals surface area contributed by atoms with E-state index in [9.17, 15) is 0 Å². The summed E-state index contributed by atoms with van der Waals surface area (Å²) < 4.78 is 5.34. The third-order valence-electron chi connectivity index (χ3n) is 4.03. The molecule has 1 N–H and O–H groups in total. The van der Waals surface area contributed by atoms with Crippen LogP contribution in [0.5, 0.6) is 0 Å². The molecule has 0 radical (unpaired) electrons. The van der Waals surface area contributed by atoms with Crippen molar-refractivity contribution in [1.82, 2.24) is 20.1 Å². The molecule has 1 heterocycles. The quantitative estimate of drug-likeness (QED) is 0.288. The summed E-state index contributed by atoms with van der Waals surface area (Å²) in [5.74, 6) is 0.935. The van der Waals surface area contributed by atoms with E-state index in [1.54, 1.807) is 18.4 Å². The van der Waals surface area contributed by atoms with Gasteiger partial charge < -0.3 is 19.9 Å². The summed E-state index contributed by atoms with van der Waals surface area (Å²) in [7, 11) is 3.77. The van der Waals surface area contributed by atoms with Crippen LogP contribution in [0.15, 0.2) is 10.4 Å². The van der Waals surface area contributed by atoms with Crippen molar-refractivity contribution in [3.8, 4) is 0 Å². The molecule has 1 aromatic rings. The first-order valence-electron chi connectivity index (χ1n) is 9.24. The van der Waals surface area contributed by atoms with Crippen LogP contribution in [-0.2, 0) is 11.3 Å².